The third-order valence-corrected chi connectivity index (χ3v) is 10.8. The maximum absolute atomic E-state index is 13.9. The van der Waals surface area contributed by atoms with Gasteiger partial charge >= 0.3 is 11.0 Å². The molecule has 4 aromatic rings. The van der Waals surface area contributed by atoms with Crippen LogP contribution in [0.2, 0.25) is 0 Å². The number of anilines is 2. The fraction of sp³-hybridized carbons (Fsp3) is 0.179. The molecule has 11 nitrogen and oxygen atoms in total. The SMILES string of the molecule is NS(=O)(=O)c1ccc(NC(=O)Cn2c3c(sc2=O)[C@@H](c2cccnc2)C2C(=O)N(c4cccc(C(F)(F)F)c4)C(=O)C2S3)cc1. The van der Waals surface area contributed by atoms with Crippen molar-refractivity contribution in [2.75, 3.05) is 10.2 Å². The largest absolute Gasteiger partial charge is 0.416 e. The Hall–Kier alpha value is -4.32. The number of aromatic nitrogens is 2. The minimum atomic E-state index is -4.70. The van der Waals surface area contributed by atoms with Crippen LogP contribution in [-0.2, 0) is 37.1 Å². The molecule has 2 aliphatic heterocycles. The smallest absolute Gasteiger partial charge is 0.325 e. The zero-order valence-corrected chi connectivity index (χ0v) is 25.0. The summed E-state index contributed by atoms with van der Waals surface area (Å²) < 4.78 is 64.6. The first-order valence-electron chi connectivity index (χ1n) is 13.0. The van der Waals surface area contributed by atoms with Gasteiger partial charge in [-0.05, 0) is 54.1 Å². The van der Waals surface area contributed by atoms with Gasteiger partial charge in [-0.15, -0.1) is 0 Å². The van der Waals surface area contributed by atoms with Gasteiger partial charge in [-0.25, -0.2) is 18.5 Å². The highest BCUT2D eigenvalue weighted by molar-refractivity contribution is 8.00. The zero-order chi connectivity index (χ0) is 32.3. The van der Waals surface area contributed by atoms with Gasteiger partial charge in [0.1, 0.15) is 11.8 Å². The van der Waals surface area contributed by atoms with E-state index in [0.29, 0.717) is 10.4 Å². The molecule has 4 heterocycles. The summed E-state index contributed by atoms with van der Waals surface area (Å²) in [4.78, 5) is 58.4. The van der Waals surface area contributed by atoms with Crippen molar-refractivity contribution in [1.82, 2.24) is 9.55 Å². The number of primary sulfonamides is 1. The Morgan fingerprint density at radius 3 is 2.40 bits per heavy atom. The maximum Gasteiger partial charge on any atom is 0.416 e. The van der Waals surface area contributed by atoms with Crippen molar-refractivity contribution in [3.05, 3.63) is 98.7 Å². The van der Waals surface area contributed by atoms with Gasteiger partial charge in [0.25, 0.3) is 0 Å². The standard InChI is InChI=1S/C28H20F3N5O6S3/c29-28(30,31)15-4-1-5-17(11-15)36-24(38)21-20(14-3-2-10-33-12-14)23-26(43-22(21)25(36)39)35(27(40)44-23)13-19(37)34-16-6-8-18(9-7-16)45(32,41)42/h1-12,20-22H,13H2,(H,34,37)(H2,32,41,42)/t20-,21?,22?/m0/s1. The second-order valence-electron chi connectivity index (χ2n) is 10.1. The summed E-state index contributed by atoms with van der Waals surface area (Å²) in [5.74, 6) is -4.02. The highest BCUT2D eigenvalue weighted by atomic mass is 32.2. The normalized spacial score (nSPS) is 19.7. The van der Waals surface area contributed by atoms with Gasteiger partial charge in [0, 0.05) is 28.9 Å². The fourth-order valence-corrected chi connectivity index (χ4v) is 8.61. The van der Waals surface area contributed by atoms with Crippen LogP contribution in [-0.4, -0.2) is 40.9 Å². The fourth-order valence-electron chi connectivity index (χ4n) is 5.32. The Kier molecular flexibility index (Phi) is 7.67. The van der Waals surface area contributed by atoms with Crippen LogP contribution >= 0.6 is 23.1 Å². The van der Waals surface area contributed by atoms with Crippen molar-refractivity contribution in [2.24, 2.45) is 11.1 Å². The molecule has 2 aliphatic rings. The summed E-state index contributed by atoms with van der Waals surface area (Å²) in [5, 5.41) is 6.83. The van der Waals surface area contributed by atoms with E-state index in [1.807, 2.05) is 0 Å². The first kappa shape index (κ1) is 30.7. The molecule has 2 aromatic carbocycles. The number of nitrogens with zero attached hydrogens (tertiary/aromatic N) is 3. The molecule has 3 N–H and O–H groups in total. The Morgan fingerprint density at radius 2 is 1.76 bits per heavy atom. The van der Waals surface area contributed by atoms with Crippen molar-refractivity contribution in [2.45, 2.75) is 33.8 Å². The quantitative estimate of drug-likeness (QED) is 0.294. The number of alkyl halides is 3. The number of carbonyl (C=O) groups is 3. The molecule has 17 heteroatoms. The van der Waals surface area contributed by atoms with Crippen LogP contribution in [0, 0.1) is 5.92 Å². The highest BCUT2D eigenvalue weighted by Crippen LogP contribution is 2.54. The van der Waals surface area contributed by atoms with Gasteiger partial charge in [-0.2, -0.15) is 13.2 Å². The predicted molar refractivity (Wildman–Crippen MR) is 158 cm³/mol. The Morgan fingerprint density at radius 1 is 1.02 bits per heavy atom. The van der Waals surface area contributed by atoms with Crippen molar-refractivity contribution < 1.29 is 36.0 Å². The molecule has 1 fully saturated rings. The van der Waals surface area contributed by atoms with E-state index in [0.717, 1.165) is 46.2 Å². The number of amides is 3. The molecule has 3 atom stereocenters. The number of fused-ring (bicyclic) bond motifs is 2. The number of rotatable bonds is 6. The number of carbonyl (C=O) groups excluding carboxylic acids is 3. The molecule has 232 valence electrons. The summed E-state index contributed by atoms with van der Waals surface area (Å²) >= 11 is 1.70. The average molecular weight is 676 g/mol. The lowest BCUT2D eigenvalue weighted by atomic mass is 9.84. The lowest BCUT2D eigenvalue weighted by molar-refractivity contribution is -0.137. The third-order valence-electron chi connectivity index (χ3n) is 7.29. The van der Waals surface area contributed by atoms with Crippen molar-refractivity contribution >= 4 is 62.2 Å². The second-order valence-corrected chi connectivity index (χ2v) is 13.8. The number of hydrogen-bond donors (Lipinski definition) is 2. The van der Waals surface area contributed by atoms with Gasteiger partial charge in [0.05, 0.1) is 27.1 Å². The summed E-state index contributed by atoms with van der Waals surface area (Å²) in [5.41, 5.74) is -0.508. The number of imide groups is 1. The third kappa shape index (κ3) is 5.67. The minimum absolute atomic E-state index is 0.161. The van der Waals surface area contributed by atoms with E-state index >= 15 is 0 Å². The number of pyridine rings is 1. The van der Waals surface area contributed by atoms with E-state index in [2.05, 4.69) is 10.3 Å². The summed E-state index contributed by atoms with van der Waals surface area (Å²) in [6.45, 7) is -0.481. The number of thiazole rings is 1. The number of benzene rings is 2. The van der Waals surface area contributed by atoms with Crippen LogP contribution in [0.1, 0.15) is 21.9 Å². The lowest BCUT2D eigenvalue weighted by Crippen LogP contribution is -2.33. The summed E-state index contributed by atoms with van der Waals surface area (Å²) in [6, 6.07) is 12.3. The lowest BCUT2D eigenvalue weighted by Gasteiger charge is -2.30. The van der Waals surface area contributed by atoms with Crippen LogP contribution in [0.15, 0.2) is 87.8 Å². The molecule has 1 saturated heterocycles. The van der Waals surface area contributed by atoms with E-state index in [-0.39, 0.29) is 21.3 Å². The topological polar surface area (TPSA) is 162 Å². The second kappa shape index (κ2) is 11.2. The Labute approximate surface area is 260 Å². The molecular formula is C28H20F3N5O6S3. The molecular weight excluding hydrogens is 656 g/mol. The van der Waals surface area contributed by atoms with Crippen LogP contribution in [0.25, 0.3) is 0 Å². The van der Waals surface area contributed by atoms with Crippen LogP contribution < -0.4 is 20.2 Å². The molecule has 3 amide bonds. The molecule has 0 saturated carbocycles. The monoisotopic (exact) mass is 675 g/mol. The van der Waals surface area contributed by atoms with E-state index in [1.54, 1.807) is 12.1 Å². The first-order valence-corrected chi connectivity index (χ1v) is 16.3. The Bertz CT molecular complexity index is 2010. The molecule has 2 aromatic heterocycles. The number of hydrogen-bond acceptors (Lipinski definition) is 9. The van der Waals surface area contributed by atoms with Gasteiger partial charge in [0.2, 0.25) is 27.7 Å². The molecule has 0 bridgehead atoms. The van der Waals surface area contributed by atoms with E-state index in [1.165, 1.54) is 47.3 Å². The number of halogens is 3. The number of nitrogens with one attached hydrogen (secondary N) is 1. The van der Waals surface area contributed by atoms with Crippen molar-refractivity contribution in [3.63, 3.8) is 0 Å². The maximum atomic E-state index is 13.9. The number of thioether (sulfide) groups is 1. The molecule has 2 unspecified atom stereocenters. The molecule has 0 spiro atoms. The zero-order valence-electron chi connectivity index (χ0n) is 22.6. The van der Waals surface area contributed by atoms with Crippen molar-refractivity contribution in [1.29, 1.82) is 0 Å². The van der Waals surface area contributed by atoms with Crippen LogP contribution in [0.3, 0.4) is 0 Å². The van der Waals surface area contributed by atoms with E-state index < -0.39 is 68.0 Å². The van der Waals surface area contributed by atoms with Crippen LogP contribution in [0.5, 0.6) is 0 Å². The van der Waals surface area contributed by atoms with Gasteiger partial charge in [-0.3, -0.25) is 28.7 Å². The van der Waals surface area contributed by atoms with Gasteiger partial charge in [-0.1, -0.05) is 35.2 Å². The minimum Gasteiger partial charge on any atom is -0.325 e. The van der Waals surface area contributed by atoms with E-state index in [9.17, 15) is 40.8 Å². The van der Waals surface area contributed by atoms with Gasteiger partial charge < -0.3 is 5.32 Å². The summed E-state index contributed by atoms with van der Waals surface area (Å²) in [7, 11) is -3.95. The average Bonchev–Trinajstić information content (AvgIpc) is 3.43. The highest BCUT2D eigenvalue weighted by Gasteiger charge is 2.57. The molecule has 0 aliphatic carbocycles. The number of sulfonamides is 1. The molecule has 45 heavy (non-hydrogen) atoms. The van der Waals surface area contributed by atoms with E-state index in [4.69, 9.17) is 5.14 Å². The first-order chi connectivity index (χ1) is 21.2. The van der Waals surface area contributed by atoms with Crippen LogP contribution in [0.4, 0.5) is 24.5 Å². The Balaban J connectivity index is 1.36. The molecule has 0 radical (unpaired) electrons. The van der Waals surface area contributed by atoms with Gasteiger partial charge in [0.15, 0.2) is 0 Å². The predicted octanol–water partition coefficient (Wildman–Crippen LogP) is 3.41. The molecule has 6 rings (SSSR count). The number of nitrogens with two attached hydrogens (primary N) is 1. The van der Waals surface area contributed by atoms with Crippen molar-refractivity contribution in [3.8, 4) is 0 Å². The summed E-state index contributed by atoms with van der Waals surface area (Å²) in [6.07, 6.45) is -1.71.